The highest BCUT2D eigenvalue weighted by Crippen LogP contribution is 2.43. The van der Waals surface area contributed by atoms with Crippen molar-refractivity contribution in [1.29, 1.82) is 0 Å². The third-order valence-electron chi connectivity index (χ3n) is 3.49. The van der Waals surface area contributed by atoms with Crippen LogP contribution in [0.1, 0.15) is 38.2 Å². The normalized spacial score (nSPS) is 25.3. The molecule has 0 aliphatic heterocycles. The molecule has 0 saturated heterocycles. The number of rotatable bonds is 3. The third-order valence-corrected chi connectivity index (χ3v) is 3.49. The zero-order chi connectivity index (χ0) is 14.4. The molecule has 0 bridgehead atoms. The fraction of sp³-hybridized carbons (Fsp3) is 0.467. The van der Waals surface area contributed by atoms with Crippen LogP contribution in [-0.2, 0) is 9.59 Å². The summed E-state index contributed by atoms with van der Waals surface area (Å²) in [6.45, 7) is 4.00. The Morgan fingerprint density at radius 2 is 1.58 bits per heavy atom. The first-order valence-electron chi connectivity index (χ1n) is 6.62. The van der Waals surface area contributed by atoms with Crippen LogP contribution < -0.4 is 0 Å². The summed E-state index contributed by atoms with van der Waals surface area (Å²) in [6, 6.07) is 9.29. The molecule has 2 N–H and O–H groups in total. The Hall–Kier alpha value is -1.84. The number of hydrogen-bond acceptors (Lipinski definition) is 2. The monoisotopic (exact) mass is 264 g/mol. The number of carboxylic acid groups (broad SMARTS) is 2. The Morgan fingerprint density at radius 3 is 2.05 bits per heavy atom. The molecule has 0 heterocycles. The van der Waals surface area contributed by atoms with E-state index in [0.717, 1.165) is 5.56 Å². The van der Waals surface area contributed by atoms with Gasteiger partial charge in [0.2, 0.25) is 0 Å². The van der Waals surface area contributed by atoms with Gasteiger partial charge in [0.25, 0.3) is 0 Å². The molecular weight excluding hydrogens is 244 g/mol. The fourth-order valence-electron chi connectivity index (χ4n) is 2.69. The second kappa shape index (κ2) is 6.92. The van der Waals surface area contributed by atoms with Gasteiger partial charge < -0.3 is 10.2 Å². The van der Waals surface area contributed by atoms with Crippen molar-refractivity contribution in [2.75, 3.05) is 0 Å². The number of aliphatic carboxylic acids is 2. The van der Waals surface area contributed by atoms with Crippen LogP contribution in [0.5, 0.6) is 0 Å². The Bertz CT molecular complexity index is 427. The van der Waals surface area contributed by atoms with Crippen LogP contribution in [0, 0.1) is 11.8 Å². The van der Waals surface area contributed by atoms with E-state index in [-0.39, 0.29) is 5.92 Å². The Morgan fingerprint density at radius 1 is 1.00 bits per heavy atom. The lowest BCUT2D eigenvalue weighted by atomic mass is 9.85. The topological polar surface area (TPSA) is 74.6 Å². The molecule has 0 aromatic heterocycles. The first kappa shape index (κ1) is 15.2. The van der Waals surface area contributed by atoms with Crippen LogP contribution in [0.15, 0.2) is 30.3 Å². The van der Waals surface area contributed by atoms with E-state index in [9.17, 15) is 14.7 Å². The predicted octanol–water partition coefficient (Wildman–Crippen LogP) is 2.99. The summed E-state index contributed by atoms with van der Waals surface area (Å²) in [5, 5.41) is 18.2. The zero-order valence-electron chi connectivity index (χ0n) is 11.2. The predicted molar refractivity (Wildman–Crippen MR) is 72.0 cm³/mol. The van der Waals surface area contributed by atoms with Gasteiger partial charge in [0, 0.05) is 0 Å². The number of benzene rings is 1. The molecule has 3 unspecified atom stereocenters. The summed E-state index contributed by atoms with van der Waals surface area (Å²) in [6.07, 6.45) is 1.06. The number of carbonyl (C=O) groups is 2. The van der Waals surface area contributed by atoms with Crippen molar-refractivity contribution in [2.24, 2.45) is 11.8 Å². The van der Waals surface area contributed by atoms with E-state index in [1.807, 2.05) is 44.2 Å². The SMILES string of the molecule is CC.O=C(O)C1CCC(c2ccccc2)C1C(=O)O. The highest BCUT2D eigenvalue weighted by Gasteiger charge is 2.45. The smallest absolute Gasteiger partial charge is 0.307 e. The third kappa shape index (κ3) is 3.34. The van der Waals surface area contributed by atoms with Crippen molar-refractivity contribution >= 4 is 11.9 Å². The van der Waals surface area contributed by atoms with Crippen molar-refractivity contribution in [3.8, 4) is 0 Å². The second-order valence-electron chi connectivity index (χ2n) is 4.40. The standard InChI is InChI=1S/C13H14O4.C2H6/c14-12(15)10-7-6-9(11(10)13(16)17)8-4-2-1-3-5-8;1-2/h1-5,9-11H,6-7H2,(H,14,15)(H,16,17);1-2H3. The highest BCUT2D eigenvalue weighted by atomic mass is 16.4. The van der Waals surface area contributed by atoms with Crippen LogP contribution >= 0.6 is 0 Å². The van der Waals surface area contributed by atoms with Crippen LogP contribution in [0.3, 0.4) is 0 Å². The van der Waals surface area contributed by atoms with E-state index in [1.54, 1.807) is 0 Å². The fourth-order valence-corrected chi connectivity index (χ4v) is 2.69. The molecule has 4 heteroatoms. The van der Waals surface area contributed by atoms with Gasteiger partial charge in [-0.25, -0.2) is 0 Å². The van der Waals surface area contributed by atoms with Gasteiger partial charge in [-0.2, -0.15) is 0 Å². The maximum absolute atomic E-state index is 11.2. The maximum Gasteiger partial charge on any atom is 0.307 e. The van der Waals surface area contributed by atoms with E-state index >= 15 is 0 Å². The van der Waals surface area contributed by atoms with E-state index in [4.69, 9.17) is 5.11 Å². The largest absolute Gasteiger partial charge is 0.481 e. The van der Waals surface area contributed by atoms with Gasteiger partial charge in [-0.05, 0) is 24.3 Å². The van der Waals surface area contributed by atoms with E-state index < -0.39 is 23.8 Å². The molecule has 1 aromatic carbocycles. The summed E-state index contributed by atoms with van der Waals surface area (Å²) in [5.74, 6) is -3.78. The maximum atomic E-state index is 11.2. The van der Waals surface area contributed by atoms with Gasteiger partial charge in [-0.3, -0.25) is 9.59 Å². The zero-order valence-corrected chi connectivity index (χ0v) is 11.2. The van der Waals surface area contributed by atoms with Gasteiger partial charge in [0.1, 0.15) is 0 Å². The summed E-state index contributed by atoms with van der Waals surface area (Å²) in [5.41, 5.74) is 0.920. The molecule has 1 aromatic rings. The van der Waals surface area contributed by atoms with E-state index in [0.29, 0.717) is 12.8 Å². The number of carboxylic acids is 2. The first-order valence-corrected chi connectivity index (χ1v) is 6.62. The molecule has 0 amide bonds. The van der Waals surface area contributed by atoms with Gasteiger partial charge in [-0.15, -0.1) is 0 Å². The highest BCUT2D eigenvalue weighted by molar-refractivity contribution is 5.81. The van der Waals surface area contributed by atoms with E-state index in [2.05, 4.69) is 0 Å². The molecule has 0 spiro atoms. The van der Waals surface area contributed by atoms with Gasteiger partial charge in [0.15, 0.2) is 0 Å². The lowest BCUT2D eigenvalue weighted by Crippen LogP contribution is -2.28. The Labute approximate surface area is 113 Å². The molecule has 1 aliphatic carbocycles. The molecule has 19 heavy (non-hydrogen) atoms. The van der Waals surface area contributed by atoms with Gasteiger partial charge >= 0.3 is 11.9 Å². The minimum atomic E-state index is -1.01. The second-order valence-corrected chi connectivity index (χ2v) is 4.40. The van der Waals surface area contributed by atoms with Crippen molar-refractivity contribution in [3.05, 3.63) is 35.9 Å². The molecule has 1 fully saturated rings. The van der Waals surface area contributed by atoms with Crippen molar-refractivity contribution in [2.45, 2.75) is 32.6 Å². The van der Waals surface area contributed by atoms with E-state index in [1.165, 1.54) is 0 Å². The number of hydrogen-bond donors (Lipinski definition) is 2. The van der Waals surface area contributed by atoms with Crippen LogP contribution in [-0.4, -0.2) is 22.2 Å². The molecule has 104 valence electrons. The van der Waals surface area contributed by atoms with Crippen molar-refractivity contribution in [3.63, 3.8) is 0 Å². The summed E-state index contributed by atoms with van der Waals surface area (Å²) < 4.78 is 0. The van der Waals surface area contributed by atoms with Crippen LogP contribution in [0.25, 0.3) is 0 Å². The van der Waals surface area contributed by atoms with Crippen LogP contribution in [0.2, 0.25) is 0 Å². The molecule has 1 aliphatic rings. The minimum Gasteiger partial charge on any atom is -0.481 e. The lowest BCUT2D eigenvalue weighted by molar-refractivity contribution is -0.152. The molecule has 4 nitrogen and oxygen atoms in total. The Balaban J connectivity index is 0.000000861. The van der Waals surface area contributed by atoms with Crippen molar-refractivity contribution in [1.82, 2.24) is 0 Å². The van der Waals surface area contributed by atoms with Crippen molar-refractivity contribution < 1.29 is 19.8 Å². The van der Waals surface area contributed by atoms with Gasteiger partial charge in [-0.1, -0.05) is 44.2 Å². The average molecular weight is 264 g/mol. The summed E-state index contributed by atoms with van der Waals surface area (Å²) in [7, 11) is 0. The Kier molecular flexibility index (Phi) is 5.55. The lowest BCUT2D eigenvalue weighted by Gasteiger charge is -2.18. The first-order chi connectivity index (χ1) is 9.11. The van der Waals surface area contributed by atoms with Gasteiger partial charge in [0.05, 0.1) is 11.8 Å². The molecule has 3 atom stereocenters. The molecule has 2 rings (SSSR count). The molecular formula is C15H20O4. The quantitative estimate of drug-likeness (QED) is 0.880. The van der Waals surface area contributed by atoms with Crippen LogP contribution in [0.4, 0.5) is 0 Å². The average Bonchev–Trinajstić information content (AvgIpc) is 2.87. The molecule has 0 radical (unpaired) electrons. The minimum absolute atomic E-state index is 0.185. The summed E-state index contributed by atoms with van der Waals surface area (Å²) >= 11 is 0. The summed E-state index contributed by atoms with van der Waals surface area (Å²) in [4.78, 5) is 22.3. The molecule has 1 saturated carbocycles.